The van der Waals surface area contributed by atoms with Gasteiger partial charge in [0.25, 0.3) is 0 Å². The Bertz CT molecular complexity index is 352. The lowest BCUT2D eigenvalue weighted by Crippen LogP contribution is -2.48. The average molecular weight is 397 g/mol. The number of esters is 1. The molecule has 0 aliphatic heterocycles. The van der Waals surface area contributed by atoms with Gasteiger partial charge in [-0.3, -0.25) is 9.59 Å². The lowest BCUT2D eigenvalue weighted by atomic mass is 10.3. The van der Waals surface area contributed by atoms with Crippen molar-refractivity contribution in [1.82, 2.24) is 0 Å². The Hall–Kier alpha value is -0.883. The van der Waals surface area contributed by atoms with Gasteiger partial charge in [0, 0.05) is 27.4 Å². The van der Waals surface area contributed by atoms with E-state index in [0.717, 1.165) is 0 Å². The summed E-state index contributed by atoms with van der Waals surface area (Å²) in [6.07, 6.45) is 0.268. The topological polar surface area (TPSA) is 98.8 Å². The Morgan fingerprint density at radius 3 is 1.58 bits per heavy atom. The Balaban J connectivity index is 4.64. The van der Waals surface area contributed by atoms with E-state index in [4.69, 9.17) is 32.2 Å². The van der Waals surface area contributed by atoms with Crippen LogP contribution in [0.1, 0.15) is 19.8 Å². The molecule has 0 atom stereocenters. The van der Waals surface area contributed by atoms with E-state index in [1.54, 1.807) is 21.3 Å². The number of methoxy groups -OCH3 is 3. The third kappa shape index (κ3) is 13.3. The van der Waals surface area contributed by atoms with Crippen molar-refractivity contribution in [3.63, 3.8) is 0 Å². The summed E-state index contributed by atoms with van der Waals surface area (Å²) >= 11 is 0. The fourth-order valence-electron chi connectivity index (χ4n) is 1.91. The summed E-state index contributed by atoms with van der Waals surface area (Å²) in [5, 5.41) is 0. The van der Waals surface area contributed by atoms with E-state index < -0.39 is 14.8 Å². The molecule has 154 valence electrons. The minimum absolute atomic E-state index is 0.162. The molecule has 10 heteroatoms. The lowest BCUT2D eigenvalue weighted by molar-refractivity contribution is -0.145. The second-order valence-electron chi connectivity index (χ2n) is 5.41. The van der Waals surface area contributed by atoms with E-state index >= 15 is 0 Å². The van der Waals surface area contributed by atoms with Gasteiger partial charge in [-0.1, -0.05) is 0 Å². The van der Waals surface area contributed by atoms with Gasteiger partial charge in [-0.25, -0.2) is 0 Å². The summed E-state index contributed by atoms with van der Waals surface area (Å²) in [5.74, 6) is -0.766. The average Bonchev–Trinajstić information content (AvgIpc) is 2.59. The fraction of sp³-hybridized carbons (Fsp3) is 0.875. The Morgan fingerprint density at radius 1 is 0.731 bits per heavy atom. The van der Waals surface area contributed by atoms with Gasteiger partial charge in [-0.05, 0) is 13.3 Å². The minimum Gasteiger partial charge on any atom is -0.465 e. The highest BCUT2D eigenvalue weighted by Crippen LogP contribution is 2.18. The number of rotatable bonds is 18. The normalized spacial score (nSPS) is 11.5. The van der Waals surface area contributed by atoms with Gasteiger partial charge < -0.3 is 32.2 Å². The van der Waals surface area contributed by atoms with Crippen LogP contribution in [0.15, 0.2) is 0 Å². The van der Waals surface area contributed by atoms with Crippen LogP contribution in [-0.2, 0) is 41.8 Å². The molecule has 0 aromatic heterocycles. The maximum Gasteiger partial charge on any atom is 0.501 e. The van der Waals surface area contributed by atoms with Gasteiger partial charge >= 0.3 is 14.8 Å². The van der Waals surface area contributed by atoms with Crippen LogP contribution in [0.4, 0.5) is 0 Å². The SMILES string of the molecule is COCCO[Si](CCCOC(=O)CC(C)=O)(OCCOC)OCCOC. The first-order chi connectivity index (χ1) is 12.5. The van der Waals surface area contributed by atoms with Crippen LogP contribution in [-0.4, -0.2) is 88.1 Å². The van der Waals surface area contributed by atoms with E-state index in [-0.39, 0.29) is 18.8 Å². The molecule has 0 aromatic carbocycles. The zero-order valence-electron chi connectivity index (χ0n) is 16.2. The summed E-state index contributed by atoms with van der Waals surface area (Å²) in [5.41, 5.74) is 0. The summed E-state index contributed by atoms with van der Waals surface area (Å²) in [6, 6.07) is 0.456. The third-order valence-corrected chi connectivity index (χ3v) is 6.01. The third-order valence-electron chi connectivity index (χ3n) is 3.11. The molecule has 0 bridgehead atoms. The van der Waals surface area contributed by atoms with Crippen molar-refractivity contribution in [2.45, 2.75) is 25.8 Å². The first kappa shape index (κ1) is 25.1. The Morgan fingerprint density at radius 2 is 1.19 bits per heavy atom. The molecule has 0 saturated heterocycles. The molecule has 0 amide bonds. The number of hydrogen-bond acceptors (Lipinski definition) is 9. The van der Waals surface area contributed by atoms with Crippen molar-refractivity contribution in [1.29, 1.82) is 0 Å². The number of ether oxygens (including phenoxy) is 4. The number of carbonyl (C=O) groups is 2. The highest BCUT2D eigenvalue weighted by Gasteiger charge is 2.41. The molecular formula is C16H32O9Si. The first-order valence-electron chi connectivity index (χ1n) is 8.53. The summed E-state index contributed by atoms with van der Waals surface area (Å²) in [4.78, 5) is 22.3. The summed E-state index contributed by atoms with van der Waals surface area (Å²) in [6.45, 7) is 3.70. The molecular weight excluding hydrogens is 364 g/mol. The zero-order valence-corrected chi connectivity index (χ0v) is 17.2. The molecule has 0 aromatic rings. The van der Waals surface area contributed by atoms with Crippen LogP contribution in [0.3, 0.4) is 0 Å². The molecule has 0 aliphatic carbocycles. The standard InChI is InChI=1S/C16H32O9Si/c1-15(17)14-16(18)22-6-5-13-26(23-10-7-19-2,24-11-8-20-3)25-12-9-21-4/h5-14H2,1-4H3. The molecule has 0 saturated carbocycles. The molecule has 0 unspecified atom stereocenters. The zero-order chi connectivity index (χ0) is 19.7. The van der Waals surface area contributed by atoms with Crippen LogP contribution < -0.4 is 0 Å². The van der Waals surface area contributed by atoms with E-state index in [1.165, 1.54) is 6.92 Å². The predicted molar refractivity (Wildman–Crippen MR) is 94.9 cm³/mol. The Labute approximate surface area is 156 Å². The second kappa shape index (κ2) is 16.3. The van der Waals surface area contributed by atoms with Gasteiger partial charge in [0.05, 0.1) is 46.2 Å². The molecule has 0 heterocycles. The molecule has 0 spiro atoms. The maximum atomic E-state index is 11.4. The minimum atomic E-state index is -3.01. The Kier molecular flexibility index (Phi) is 15.7. The quantitative estimate of drug-likeness (QED) is 0.144. The van der Waals surface area contributed by atoms with Gasteiger partial charge in [0.1, 0.15) is 12.2 Å². The fourth-order valence-corrected chi connectivity index (χ4v) is 4.36. The number of Topliss-reactive ketones (excluding diaryl/α,β-unsaturated/α-hetero) is 1. The summed E-state index contributed by atoms with van der Waals surface area (Å²) in [7, 11) is 1.74. The molecule has 9 nitrogen and oxygen atoms in total. The van der Waals surface area contributed by atoms with E-state index in [9.17, 15) is 9.59 Å². The van der Waals surface area contributed by atoms with Crippen molar-refractivity contribution in [2.75, 3.05) is 67.6 Å². The van der Waals surface area contributed by atoms with E-state index in [0.29, 0.717) is 52.1 Å². The van der Waals surface area contributed by atoms with Crippen molar-refractivity contribution in [3.8, 4) is 0 Å². The van der Waals surface area contributed by atoms with Crippen molar-refractivity contribution in [2.24, 2.45) is 0 Å². The van der Waals surface area contributed by atoms with Crippen LogP contribution in [0, 0.1) is 0 Å². The van der Waals surface area contributed by atoms with Crippen LogP contribution in [0.25, 0.3) is 0 Å². The number of ketones is 1. The van der Waals surface area contributed by atoms with Crippen molar-refractivity contribution < 1.29 is 41.8 Å². The van der Waals surface area contributed by atoms with Crippen LogP contribution in [0.5, 0.6) is 0 Å². The smallest absolute Gasteiger partial charge is 0.465 e. The number of carbonyl (C=O) groups excluding carboxylic acids is 2. The van der Waals surface area contributed by atoms with Crippen molar-refractivity contribution >= 4 is 20.6 Å². The van der Waals surface area contributed by atoms with Gasteiger partial charge in [0.15, 0.2) is 0 Å². The van der Waals surface area contributed by atoms with Gasteiger partial charge in [-0.15, -0.1) is 0 Å². The molecule has 0 aliphatic rings. The molecule has 26 heavy (non-hydrogen) atoms. The molecule has 0 radical (unpaired) electrons. The van der Waals surface area contributed by atoms with Crippen molar-refractivity contribution in [3.05, 3.63) is 0 Å². The van der Waals surface area contributed by atoms with Crippen LogP contribution >= 0.6 is 0 Å². The lowest BCUT2D eigenvalue weighted by Gasteiger charge is -2.29. The second-order valence-corrected chi connectivity index (χ2v) is 8.14. The largest absolute Gasteiger partial charge is 0.501 e. The van der Waals surface area contributed by atoms with E-state index in [1.807, 2.05) is 0 Å². The predicted octanol–water partition coefficient (Wildman–Crippen LogP) is 0.827. The number of hydrogen-bond donors (Lipinski definition) is 0. The molecule has 0 rings (SSSR count). The van der Waals surface area contributed by atoms with E-state index in [2.05, 4.69) is 0 Å². The monoisotopic (exact) mass is 396 g/mol. The summed E-state index contributed by atoms with van der Waals surface area (Å²) < 4.78 is 37.8. The molecule has 0 N–H and O–H groups in total. The highest BCUT2D eigenvalue weighted by atomic mass is 28.4. The van der Waals surface area contributed by atoms with Crippen LogP contribution in [0.2, 0.25) is 6.04 Å². The van der Waals surface area contributed by atoms with Gasteiger partial charge in [-0.2, -0.15) is 0 Å². The maximum absolute atomic E-state index is 11.4. The highest BCUT2D eigenvalue weighted by molar-refractivity contribution is 6.60. The first-order valence-corrected chi connectivity index (χ1v) is 10.5. The van der Waals surface area contributed by atoms with Gasteiger partial charge in [0.2, 0.25) is 0 Å². The molecule has 0 fully saturated rings.